The van der Waals surface area contributed by atoms with Gasteiger partial charge in [-0.1, -0.05) is 30.9 Å². The van der Waals surface area contributed by atoms with E-state index in [1.807, 2.05) is 30.3 Å². The topological polar surface area (TPSA) is 119 Å². The first-order chi connectivity index (χ1) is 6.93. The van der Waals surface area contributed by atoms with E-state index in [4.69, 9.17) is 22.3 Å². The van der Waals surface area contributed by atoms with Crippen LogP contribution in [0.2, 0.25) is 0 Å². The van der Waals surface area contributed by atoms with E-state index in [9.17, 15) is 0 Å². The second-order valence-electron chi connectivity index (χ2n) is 2.36. The Morgan fingerprint density at radius 1 is 1.25 bits per heavy atom. The van der Waals surface area contributed by atoms with Crippen LogP contribution >= 0.6 is 0 Å². The van der Waals surface area contributed by atoms with Crippen molar-refractivity contribution in [1.29, 1.82) is 0 Å². The lowest BCUT2D eigenvalue weighted by Crippen LogP contribution is -1.91. The fourth-order valence-electron chi connectivity index (χ4n) is 0.672. The van der Waals surface area contributed by atoms with Crippen molar-refractivity contribution in [3.8, 4) is 5.75 Å². The average Bonchev–Trinajstić information content (AvgIpc) is 2.14. The van der Waals surface area contributed by atoms with Gasteiger partial charge in [0.1, 0.15) is 12.4 Å². The molecule has 1 aromatic rings. The van der Waals surface area contributed by atoms with E-state index in [2.05, 4.69) is 6.58 Å². The fourth-order valence-corrected chi connectivity index (χ4v) is 0.672. The molecule has 0 heterocycles. The van der Waals surface area contributed by atoms with E-state index in [1.54, 1.807) is 6.08 Å². The predicted molar refractivity (Wildman–Crippen MR) is 61.3 cm³/mol. The van der Waals surface area contributed by atoms with E-state index in [0.29, 0.717) is 6.61 Å². The van der Waals surface area contributed by atoms with Crippen LogP contribution in [0, 0.1) is 0 Å². The summed E-state index contributed by atoms with van der Waals surface area (Å²) in [6, 6.07) is 9.69. The minimum Gasteiger partial charge on any atom is -0.490 e. The standard InChI is InChI=1S/C9H10O.H3N.H2O4S/c1-2-8-10-9-6-4-3-5-7-9;;1-5(2,3)4/h2-7H,1,8H2;1H3;(H2,1,2,3,4). The Bertz CT molecular complexity index is 368. The van der Waals surface area contributed by atoms with Crippen LogP contribution in [-0.4, -0.2) is 24.1 Å². The molecule has 0 atom stereocenters. The SMILES string of the molecule is C=CCOc1ccccc1.N.O=S(=O)(O)O. The molecule has 0 fully saturated rings. The molecule has 5 N–H and O–H groups in total. The van der Waals surface area contributed by atoms with Gasteiger partial charge in [0.05, 0.1) is 0 Å². The van der Waals surface area contributed by atoms with Gasteiger partial charge in [-0.25, -0.2) is 0 Å². The third kappa shape index (κ3) is 15.1. The van der Waals surface area contributed by atoms with E-state index >= 15 is 0 Å². The van der Waals surface area contributed by atoms with Crippen molar-refractivity contribution in [3.63, 3.8) is 0 Å². The van der Waals surface area contributed by atoms with Crippen molar-refractivity contribution in [2.75, 3.05) is 6.61 Å². The van der Waals surface area contributed by atoms with Gasteiger partial charge in [0.2, 0.25) is 0 Å². The first-order valence-corrected chi connectivity index (χ1v) is 5.32. The number of hydrogen-bond acceptors (Lipinski definition) is 4. The molecule has 0 spiro atoms. The van der Waals surface area contributed by atoms with E-state index in [0.717, 1.165) is 5.75 Å². The number of ether oxygens (including phenoxy) is 1. The molecule has 0 saturated carbocycles. The van der Waals surface area contributed by atoms with E-state index in [-0.39, 0.29) is 6.15 Å². The van der Waals surface area contributed by atoms with Gasteiger partial charge in [-0.3, -0.25) is 9.11 Å². The summed E-state index contributed by atoms with van der Waals surface area (Å²) in [5.74, 6) is 0.891. The highest BCUT2D eigenvalue weighted by Gasteiger charge is 1.85. The summed E-state index contributed by atoms with van der Waals surface area (Å²) in [6.07, 6.45) is 1.73. The van der Waals surface area contributed by atoms with Crippen LogP contribution in [0.1, 0.15) is 0 Å². The Labute approximate surface area is 94.7 Å². The normalized spacial score (nSPS) is 9.12. The highest BCUT2D eigenvalue weighted by atomic mass is 32.3. The maximum absolute atomic E-state index is 8.74. The predicted octanol–water partition coefficient (Wildman–Crippen LogP) is 1.76. The lowest BCUT2D eigenvalue weighted by molar-refractivity contribution is 0.363. The van der Waals surface area contributed by atoms with Gasteiger partial charge < -0.3 is 10.9 Å². The van der Waals surface area contributed by atoms with Crippen molar-refractivity contribution in [3.05, 3.63) is 43.0 Å². The molecule has 0 aliphatic heterocycles. The number of rotatable bonds is 3. The summed E-state index contributed by atoms with van der Waals surface area (Å²) < 4.78 is 36.8. The zero-order chi connectivity index (χ0) is 11.7. The van der Waals surface area contributed by atoms with Crippen LogP contribution in [0.15, 0.2) is 43.0 Å². The molecule has 16 heavy (non-hydrogen) atoms. The first-order valence-electron chi connectivity index (χ1n) is 3.92. The molecule has 0 aromatic heterocycles. The first kappa shape index (κ1) is 17.0. The number of hydrogen-bond donors (Lipinski definition) is 3. The van der Waals surface area contributed by atoms with Gasteiger partial charge in [-0.15, -0.1) is 0 Å². The molecule has 0 saturated heterocycles. The fraction of sp³-hybridized carbons (Fsp3) is 0.111. The zero-order valence-electron chi connectivity index (χ0n) is 8.61. The monoisotopic (exact) mass is 249 g/mol. The Hall–Kier alpha value is -1.41. The van der Waals surface area contributed by atoms with Crippen molar-refractivity contribution in [1.82, 2.24) is 6.15 Å². The summed E-state index contributed by atoms with van der Waals surface area (Å²) in [6.45, 7) is 4.12. The van der Waals surface area contributed by atoms with Gasteiger partial charge in [-0.2, -0.15) is 8.42 Å². The minimum absolute atomic E-state index is 0. The Kier molecular flexibility index (Phi) is 9.42. The zero-order valence-corrected chi connectivity index (χ0v) is 9.43. The van der Waals surface area contributed by atoms with Crippen LogP contribution in [0.5, 0.6) is 5.75 Å². The molecule has 6 nitrogen and oxygen atoms in total. The van der Waals surface area contributed by atoms with Crippen molar-refractivity contribution < 1.29 is 22.3 Å². The molecule has 1 rings (SSSR count). The molecule has 0 amide bonds. The second kappa shape index (κ2) is 8.86. The lowest BCUT2D eigenvalue weighted by atomic mass is 10.3. The van der Waals surface area contributed by atoms with Crippen LogP contribution in [-0.2, 0) is 10.4 Å². The van der Waals surface area contributed by atoms with Gasteiger partial charge in [0.15, 0.2) is 0 Å². The smallest absolute Gasteiger partial charge is 0.394 e. The van der Waals surface area contributed by atoms with Crippen LogP contribution in [0.4, 0.5) is 0 Å². The number of benzene rings is 1. The molecule has 0 aliphatic rings. The van der Waals surface area contributed by atoms with E-state index in [1.165, 1.54) is 0 Å². The van der Waals surface area contributed by atoms with Gasteiger partial charge >= 0.3 is 10.4 Å². The summed E-state index contributed by atoms with van der Waals surface area (Å²) in [5, 5.41) is 0. The molecular weight excluding hydrogens is 234 g/mol. The molecule has 0 aliphatic carbocycles. The van der Waals surface area contributed by atoms with Crippen molar-refractivity contribution >= 4 is 10.4 Å². The van der Waals surface area contributed by atoms with E-state index < -0.39 is 10.4 Å². The molecule has 0 unspecified atom stereocenters. The summed E-state index contributed by atoms with van der Waals surface area (Å²) in [5.41, 5.74) is 0. The Morgan fingerprint density at radius 3 is 2.06 bits per heavy atom. The molecule has 92 valence electrons. The maximum atomic E-state index is 8.74. The molecule has 0 radical (unpaired) electrons. The van der Waals surface area contributed by atoms with Crippen LogP contribution in [0.3, 0.4) is 0 Å². The van der Waals surface area contributed by atoms with Gasteiger partial charge in [0.25, 0.3) is 0 Å². The Morgan fingerprint density at radius 2 is 1.69 bits per heavy atom. The lowest BCUT2D eigenvalue weighted by Gasteiger charge is -1.99. The highest BCUT2D eigenvalue weighted by Crippen LogP contribution is 2.07. The molecule has 0 bridgehead atoms. The largest absolute Gasteiger partial charge is 0.490 e. The Balaban J connectivity index is 0. The van der Waals surface area contributed by atoms with Crippen LogP contribution in [0.25, 0.3) is 0 Å². The van der Waals surface area contributed by atoms with Crippen molar-refractivity contribution in [2.45, 2.75) is 0 Å². The average molecular weight is 249 g/mol. The molecular formula is C9H15NO5S. The number of para-hydroxylation sites is 1. The summed E-state index contributed by atoms with van der Waals surface area (Å²) in [4.78, 5) is 0. The van der Waals surface area contributed by atoms with Crippen LogP contribution < -0.4 is 10.9 Å². The highest BCUT2D eigenvalue weighted by molar-refractivity contribution is 7.79. The molecule has 7 heteroatoms. The summed E-state index contributed by atoms with van der Waals surface area (Å²) >= 11 is 0. The third-order valence-corrected chi connectivity index (χ3v) is 1.11. The quantitative estimate of drug-likeness (QED) is 0.554. The maximum Gasteiger partial charge on any atom is 0.394 e. The summed E-state index contributed by atoms with van der Waals surface area (Å²) in [7, 11) is -4.67. The second-order valence-corrected chi connectivity index (χ2v) is 3.26. The third-order valence-electron chi connectivity index (χ3n) is 1.11. The minimum atomic E-state index is -4.67. The molecule has 1 aromatic carbocycles. The van der Waals surface area contributed by atoms with Crippen molar-refractivity contribution in [2.24, 2.45) is 0 Å². The van der Waals surface area contributed by atoms with Gasteiger partial charge in [0, 0.05) is 0 Å². The van der Waals surface area contributed by atoms with Gasteiger partial charge in [-0.05, 0) is 12.1 Å².